The summed E-state index contributed by atoms with van der Waals surface area (Å²) in [5.41, 5.74) is 6.85. The number of nitrogens with zero attached hydrogens (tertiary/aromatic N) is 2. The van der Waals surface area contributed by atoms with Crippen LogP contribution in [0.3, 0.4) is 0 Å². The average molecular weight is 274 g/mol. The molecule has 6 nitrogen and oxygen atoms in total. The summed E-state index contributed by atoms with van der Waals surface area (Å²) in [5.74, 6) is 1.93. The summed E-state index contributed by atoms with van der Waals surface area (Å²) >= 11 is 0. The number of hydrogen-bond donors (Lipinski definition) is 3. The number of phenolic OH excluding ortho intramolecular Hbond substituents is 1. The summed E-state index contributed by atoms with van der Waals surface area (Å²) in [4.78, 5) is 8.37. The fraction of sp³-hybridized carbons (Fsp3) is 0.286. The molecular formula is C14H18N4O2. The van der Waals surface area contributed by atoms with Gasteiger partial charge in [-0.15, -0.1) is 0 Å². The Hall–Kier alpha value is -2.34. The lowest BCUT2D eigenvalue weighted by Gasteiger charge is -2.08. The van der Waals surface area contributed by atoms with Gasteiger partial charge in [0.2, 0.25) is 0 Å². The van der Waals surface area contributed by atoms with Crippen molar-refractivity contribution in [1.82, 2.24) is 9.97 Å². The highest BCUT2D eigenvalue weighted by atomic mass is 16.5. The minimum atomic E-state index is 0.273. The zero-order valence-electron chi connectivity index (χ0n) is 11.3. The van der Waals surface area contributed by atoms with Gasteiger partial charge in [-0.2, -0.15) is 0 Å². The largest absolute Gasteiger partial charge is 0.508 e. The van der Waals surface area contributed by atoms with Crippen molar-refractivity contribution in [2.45, 2.75) is 13.0 Å². The van der Waals surface area contributed by atoms with E-state index in [1.165, 1.54) is 0 Å². The number of ether oxygens (including phenoxy) is 1. The van der Waals surface area contributed by atoms with E-state index in [1.807, 2.05) is 12.1 Å². The molecule has 1 aromatic heterocycles. The number of nitrogens with two attached hydrogens (primary N) is 1. The molecule has 2 rings (SSSR count). The minimum Gasteiger partial charge on any atom is -0.508 e. The summed E-state index contributed by atoms with van der Waals surface area (Å²) < 4.78 is 4.99. The number of aromatic hydroxyl groups is 1. The van der Waals surface area contributed by atoms with Gasteiger partial charge in [0.25, 0.3) is 0 Å². The number of aromatic nitrogens is 2. The Morgan fingerprint density at radius 3 is 2.70 bits per heavy atom. The van der Waals surface area contributed by atoms with Crippen molar-refractivity contribution in [3.05, 3.63) is 41.7 Å². The molecule has 0 aliphatic carbocycles. The molecule has 0 saturated heterocycles. The number of phenols is 1. The Morgan fingerprint density at radius 2 is 2.00 bits per heavy atom. The third-order valence-electron chi connectivity index (χ3n) is 2.72. The third-order valence-corrected chi connectivity index (χ3v) is 2.72. The van der Waals surface area contributed by atoms with Crippen molar-refractivity contribution < 1.29 is 9.84 Å². The fourth-order valence-corrected chi connectivity index (χ4v) is 1.80. The first kappa shape index (κ1) is 14.1. The van der Waals surface area contributed by atoms with Crippen LogP contribution in [-0.2, 0) is 17.8 Å². The van der Waals surface area contributed by atoms with Crippen LogP contribution in [0.4, 0.5) is 11.6 Å². The average Bonchev–Trinajstić information content (AvgIpc) is 2.41. The van der Waals surface area contributed by atoms with E-state index in [0.717, 1.165) is 12.0 Å². The number of methoxy groups -OCH3 is 1. The van der Waals surface area contributed by atoms with Crippen molar-refractivity contribution in [2.24, 2.45) is 0 Å². The number of rotatable bonds is 6. The van der Waals surface area contributed by atoms with E-state index in [1.54, 1.807) is 25.3 Å². The molecule has 0 aliphatic rings. The van der Waals surface area contributed by atoms with E-state index in [9.17, 15) is 5.11 Å². The van der Waals surface area contributed by atoms with Crippen LogP contribution in [-0.4, -0.2) is 28.7 Å². The van der Waals surface area contributed by atoms with Crippen LogP contribution >= 0.6 is 0 Å². The SMILES string of the molecule is COCc1nc(N)cc(NCCc2ccc(O)cc2)n1. The molecule has 0 spiro atoms. The molecule has 0 radical (unpaired) electrons. The zero-order chi connectivity index (χ0) is 14.4. The summed E-state index contributed by atoms with van der Waals surface area (Å²) in [6.45, 7) is 1.05. The quantitative estimate of drug-likeness (QED) is 0.740. The Balaban J connectivity index is 1.91. The van der Waals surface area contributed by atoms with Gasteiger partial charge in [0.1, 0.15) is 24.0 Å². The van der Waals surface area contributed by atoms with E-state index in [4.69, 9.17) is 10.5 Å². The fourth-order valence-electron chi connectivity index (χ4n) is 1.80. The smallest absolute Gasteiger partial charge is 0.158 e. The molecule has 4 N–H and O–H groups in total. The maximum absolute atomic E-state index is 9.21. The van der Waals surface area contributed by atoms with Crippen molar-refractivity contribution >= 4 is 11.6 Å². The molecular weight excluding hydrogens is 256 g/mol. The predicted molar refractivity (Wildman–Crippen MR) is 77.5 cm³/mol. The summed E-state index contributed by atoms with van der Waals surface area (Å²) in [6.07, 6.45) is 0.823. The lowest BCUT2D eigenvalue weighted by atomic mass is 10.1. The lowest BCUT2D eigenvalue weighted by Crippen LogP contribution is -2.09. The number of anilines is 2. The van der Waals surface area contributed by atoms with E-state index < -0.39 is 0 Å². The Bertz CT molecular complexity index is 558. The van der Waals surface area contributed by atoms with Crippen molar-refractivity contribution in [3.63, 3.8) is 0 Å². The molecule has 1 heterocycles. The topological polar surface area (TPSA) is 93.3 Å². The second kappa shape index (κ2) is 6.72. The molecule has 1 aromatic carbocycles. The van der Waals surface area contributed by atoms with Crippen molar-refractivity contribution in [3.8, 4) is 5.75 Å². The molecule has 20 heavy (non-hydrogen) atoms. The molecule has 0 unspecified atom stereocenters. The Morgan fingerprint density at radius 1 is 1.25 bits per heavy atom. The summed E-state index contributed by atoms with van der Waals surface area (Å²) in [7, 11) is 1.59. The first-order valence-corrected chi connectivity index (χ1v) is 6.31. The highest BCUT2D eigenvalue weighted by molar-refractivity contribution is 5.44. The first-order valence-electron chi connectivity index (χ1n) is 6.31. The number of nitrogen functional groups attached to an aromatic ring is 1. The van der Waals surface area contributed by atoms with E-state index in [-0.39, 0.29) is 5.75 Å². The predicted octanol–water partition coefficient (Wildman–Crippen LogP) is 1.57. The molecule has 0 saturated carbocycles. The van der Waals surface area contributed by atoms with Crippen molar-refractivity contribution in [1.29, 1.82) is 0 Å². The van der Waals surface area contributed by atoms with Gasteiger partial charge in [0, 0.05) is 19.7 Å². The molecule has 0 fully saturated rings. The first-order chi connectivity index (χ1) is 9.67. The molecule has 2 aromatic rings. The molecule has 0 bridgehead atoms. The highest BCUT2D eigenvalue weighted by Gasteiger charge is 2.02. The van der Waals surface area contributed by atoms with Gasteiger partial charge >= 0.3 is 0 Å². The van der Waals surface area contributed by atoms with Crippen LogP contribution < -0.4 is 11.1 Å². The van der Waals surface area contributed by atoms with Gasteiger partial charge in [-0.1, -0.05) is 12.1 Å². The monoisotopic (exact) mass is 274 g/mol. The number of hydrogen-bond acceptors (Lipinski definition) is 6. The lowest BCUT2D eigenvalue weighted by molar-refractivity contribution is 0.178. The molecule has 0 amide bonds. The maximum Gasteiger partial charge on any atom is 0.158 e. The molecule has 106 valence electrons. The second-order valence-corrected chi connectivity index (χ2v) is 4.37. The van der Waals surface area contributed by atoms with Gasteiger partial charge in [-0.3, -0.25) is 0 Å². The van der Waals surface area contributed by atoms with Gasteiger partial charge < -0.3 is 20.9 Å². The highest BCUT2D eigenvalue weighted by Crippen LogP contribution is 2.12. The van der Waals surface area contributed by atoms with Crippen LogP contribution in [0.1, 0.15) is 11.4 Å². The van der Waals surface area contributed by atoms with Crippen molar-refractivity contribution in [2.75, 3.05) is 24.7 Å². The van der Waals surface area contributed by atoms with Gasteiger partial charge in [-0.05, 0) is 24.1 Å². The number of nitrogens with one attached hydrogen (secondary N) is 1. The Labute approximate surface area is 117 Å². The van der Waals surface area contributed by atoms with Crippen LogP contribution in [0.15, 0.2) is 30.3 Å². The molecule has 0 aliphatic heterocycles. The Kier molecular flexibility index (Phi) is 4.73. The number of benzene rings is 1. The van der Waals surface area contributed by atoms with Crippen LogP contribution in [0.5, 0.6) is 5.75 Å². The van der Waals surface area contributed by atoms with Crippen LogP contribution in [0.2, 0.25) is 0 Å². The van der Waals surface area contributed by atoms with Crippen LogP contribution in [0.25, 0.3) is 0 Å². The van der Waals surface area contributed by atoms with Gasteiger partial charge in [0.15, 0.2) is 5.82 Å². The van der Waals surface area contributed by atoms with E-state index >= 15 is 0 Å². The van der Waals surface area contributed by atoms with E-state index in [0.29, 0.717) is 30.6 Å². The van der Waals surface area contributed by atoms with E-state index in [2.05, 4.69) is 15.3 Å². The summed E-state index contributed by atoms with van der Waals surface area (Å²) in [5, 5.41) is 12.4. The normalized spacial score (nSPS) is 10.4. The minimum absolute atomic E-state index is 0.273. The molecule has 6 heteroatoms. The van der Waals surface area contributed by atoms with Gasteiger partial charge in [-0.25, -0.2) is 9.97 Å². The third kappa shape index (κ3) is 4.10. The zero-order valence-corrected chi connectivity index (χ0v) is 11.3. The van der Waals surface area contributed by atoms with Gasteiger partial charge in [0.05, 0.1) is 0 Å². The van der Waals surface area contributed by atoms with Crippen LogP contribution in [0, 0.1) is 0 Å². The summed E-state index contributed by atoms with van der Waals surface area (Å²) in [6, 6.07) is 8.82. The maximum atomic E-state index is 9.21. The standard InChI is InChI=1S/C14H18N4O2/c1-20-9-14-17-12(15)8-13(18-14)16-7-6-10-2-4-11(19)5-3-10/h2-5,8,19H,6-7,9H2,1H3,(H3,15,16,17,18). The molecule has 0 atom stereocenters. The second-order valence-electron chi connectivity index (χ2n) is 4.37.